The van der Waals surface area contributed by atoms with Gasteiger partial charge in [-0.15, -0.1) is 0 Å². The molecular formula is C17H15NO5S. The van der Waals surface area contributed by atoms with E-state index in [2.05, 4.69) is 5.32 Å². The van der Waals surface area contributed by atoms with E-state index in [9.17, 15) is 13.2 Å². The molecule has 3 rings (SSSR count). The maximum absolute atomic E-state index is 12.1. The van der Waals surface area contributed by atoms with Gasteiger partial charge in [-0.3, -0.25) is 4.79 Å². The number of para-hydroxylation sites is 1. The first kappa shape index (κ1) is 16.1. The zero-order valence-corrected chi connectivity index (χ0v) is 13.7. The van der Waals surface area contributed by atoms with Gasteiger partial charge in [-0.05, 0) is 35.9 Å². The third-order valence-electron chi connectivity index (χ3n) is 3.37. The van der Waals surface area contributed by atoms with E-state index >= 15 is 0 Å². The van der Waals surface area contributed by atoms with Crippen LogP contribution in [0.1, 0.15) is 5.56 Å². The number of sulfone groups is 1. The highest BCUT2D eigenvalue weighted by atomic mass is 32.2. The summed E-state index contributed by atoms with van der Waals surface area (Å²) in [6.07, 6.45) is 4.04. The minimum absolute atomic E-state index is 0.0785. The fourth-order valence-corrected chi connectivity index (χ4v) is 3.10. The lowest BCUT2D eigenvalue weighted by molar-refractivity contribution is -0.111. The number of benzene rings is 2. The molecule has 1 amide bonds. The van der Waals surface area contributed by atoms with Crippen molar-refractivity contribution in [3.8, 4) is 11.5 Å². The summed E-state index contributed by atoms with van der Waals surface area (Å²) >= 11 is 0. The van der Waals surface area contributed by atoms with Crippen molar-refractivity contribution >= 4 is 27.5 Å². The molecule has 0 aromatic heterocycles. The average Bonchev–Trinajstić information content (AvgIpc) is 3.00. The molecule has 1 aliphatic heterocycles. The number of ether oxygens (including phenoxy) is 2. The lowest BCUT2D eigenvalue weighted by atomic mass is 10.2. The van der Waals surface area contributed by atoms with Gasteiger partial charge in [-0.1, -0.05) is 18.2 Å². The van der Waals surface area contributed by atoms with Crippen molar-refractivity contribution in [2.45, 2.75) is 4.90 Å². The first-order chi connectivity index (χ1) is 11.4. The molecule has 0 spiro atoms. The maximum Gasteiger partial charge on any atom is 0.248 e. The zero-order chi connectivity index (χ0) is 17.2. The molecule has 6 nitrogen and oxygen atoms in total. The average molecular weight is 345 g/mol. The molecule has 1 N–H and O–H groups in total. The number of carbonyl (C=O) groups excluding carboxylic acids is 1. The van der Waals surface area contributed by atoms with Crippen LogP contribution in [0.15, 0.2) is 53.4 Å². The number of nitrogens with one attached hydrogen (secondary N) is 1. The normalized spacial score (nSPS) is 13.2. The molecule has 0 atom stereocenters. The fourth-order valence-electron chi connectivity index (χ4n) is 2.26. The van der Waals surface area contributed by atoms with Gasteiger partial charge in [0.2, 0.25) is 12.7 Å². The molecule has 24 heavy (non-hydrogen) atoms. The van der Waals surface area contributed by atoms with Gasteiger partial charge in [0, 0.05) is 12.3 Å². The highest BCUT2D eigenvalue weighted by molar-refractivity contribution is 7.90. The summed E-state index contributed by atoms with van der Waals surface area (Å²) < 4.78 is 33.9. The molecule has 7 heteroatoms. The minimum Gasteiger partial charge on any atom is -0.454 e. The predicted molar refractivity (Wildman–Crippen MR) is 89.8 cm³/mol. The summed E-state index contributed by atoms with van der Waals surface area (Å²) in [4.78, 5) is 12.1. The van der Waals surface area contributed by atoms with Crippen LogP contribution in [0.2, 0.25) is 0 Å². The van der Waals surface area contributed by atoms with Crippen molar-refractivity contribution in [2.24, 2.45) is 0 Å². The zero-order valence-electron chi connectivity index (χ0n) is 12.9. The van der Waals surface area contributed by atoms with Crippen LogP contribution in [0.4, 0.5) is 5.69 Å². The number of anilines is 1. The van der Waals surface area contributed by atoms with Crippen LogP contribution in [-0.4, -0.2) is 27.4 Å². The smallest absolute Gasteiger partial charge is 0.248 e. The third-order valence-corrected chi connectivity index (χ3v) is 4.52. The molecule has 1 heterocycles. The Bertz CT molecular complexity index is 918. The lowest BCUT2D eigenvalue weighted by Crippen LogP contribution is -2.11. The van der Waals surface area contributed by atoms with E-state index in [0.717, 1.165) is 11.8 Å². The first-order valence-electron chi connectivity index (χ1n) is 7.11. The second kappa shape index (κ2) is 6.37. The van der Waals surface area contributed by atoms with Crippen LogP contribution in [0, 0.1) is 0 Å². The van der Waals surface area contributed by atoms with Crippen molar-refractivity contribution in [1.82, 2.24) is 0 Å². The Labute approximate surface area is 139 Å². The monoisotopic (exact) mass is 345 g/mol. The Morgan fingerprint density at radius 1 is 1.12 bits per heavy atom. The van der Waals surface area contributed by atoms with Gasteiger partial charge < -0.3 is 14.8 Å². The largest absolute Gasteiger partial charge is 0.454 e. The highest BCUT2D eigenvalue weighted by Crippen LogP contribution is 2.32. The number of carbonyl (C=O) groups is 1. The summed E-state index contributed by atoms with van der Waals surface area (Å²) in [5, 5.41) is 2.58. The molecular weight excluding hydrogens is 330 g/mol. The summed E-state index contributed by atoms with van der Waals surface area (Å²) in [5.74, 6) is 0.863. The van der Waals surface area contributed by atoms with Crippen molar-refractivity contribution in [1.29, 1.82) is 0 Å². The van der Waals surface area contributed by atoms with E-state index < -0.39 is 15.7 Å². The second-order valence-corrected chi connectivity index (χ2v) is 7.19. The molecule has 1 aliphatic rings. The lowest BCUT2D eigenvalue weighted by Gasteiger charge is -2.07. The quantitative estimate of drug-likeness (QED) is 0.861. The van der Waals surface area contributed by atoms with Crippen molar-refractivity contribution < 1.29 is 22.7 Å². The van der Waals surface area contributed by atoms with E-state index in [0.29, 0.717) is 11.5 Å². The molecule has 124 valence electrons. The van der Waals surface area contributed by atoms with Crippen molar-refractivity contribution in [2.75, 3.05) is 18.4 Å². The van der Waals surface area contributed by atoms with Crippen LogP contribution in [-0.2, 0) is 14.6 Å². The van der Waals surface area contributed by atoms with Gasteiger partial charge in [-0.25, -0.2) is 8.42 Å². The molecule has 0 unspecified atom stereocenters. The number of rotatable bonds is 4. The topological polar surface area (TPSA) is 81.7 Å². The van der Waals surface area contributed by atoms with Gasteiger partial charge in [-0.2, -0.15) is 0 Å². The van der Waals surface area contributed by atoms with Crippen LogP contribution < -0.4 is 14.8 Å². The van der Waals surface area contributed by atoms with E-state index in [1.807, 2.05) is 0 Å². The van der Waals surface area contributed by atoms with Crippen molar-refractivity contribution in [3.63, 3.8) is 0 Å². The highest BCUT2D eigenvalue weighted by Gasteiger charge is 2.14. The van der Waals surface area contributed by atoms with Crippen LogP contribution in [0.25, 0.3) is 6.08 Å². The number of hydrogen-bond acceptors (Lipinski definition) is 5. The standard InChI is InChI=1S/C17H15NO5S/c1-24(20,21)16-5-3-2-4-13(16)18-17(19)9-7-12-6-8-14-15(10-12)23-11-22-14/h2-10H,11H2,1H3,(H,18,19)/b9-7+. The summed E-state index contributed by atoms with van der Waals surface area (Å²) in [5.41, 5.74) is 1.02. The second-order valence-electron chi connectivity index (χ2n) is 5.20. The van der Waals surface area contributed by atoms with Gasteiger partial charge in [0.1, 0.15) is 0 Å². The number of amides is 1. The molecule has 0 saturated carbocycles. The summed E-state index contributed by atoms with van der Waals surface area (Å²) in [7, 11) is -3.42. The minimum atomic E-state index is -3.42. The summed E-state index contributed by atoms with van der Waals surface area (Å²) in [6, 6.07) is 11.6. The fraction of sp³-hybridized carbons (Fsp3) is 0.118. The van der Waals surface area contributed by atoms with Gasteiger partial charge in [0.05, 0.1) is 10.6 Å². The molecule has 0 bridgehead atoms. The SMILES string of the molecule is CS(=O)(=O)c1ccccc1NC(=O)/C=C/c1ccc2c(c1)OCO2. The van der Waals surface area contributed by atoms with Crippen LogP contribution in [0.5, 0.6) is 11.5 Å². The van der Waals surface area contributed by atoms with E-state index in [1.165, 1.54) is 12.1 Å². The molecule has 0 radical (unpaired) electrons. The Morgan fingerprint density at radius 2 is 1.88 bits per heavy atom. The van der Waals surface area contributed by atoms with Gasteiger partial charge in [0.15, 0.2) is 21.3 Å². The molecule has 2 aromatic rings. The first-order valence-corrected chi connectivity index (χ1v) is 9.00. The van der Waals surface area contributed by atoms with Crippen molar-refractivity contribution in [3.05, 3.63) is 54.1 Å². The Morgan fingerprint density at radius 3 is 2.67 bits per heavy atom. The number of hydrogen-bond donors (Lipinski definition) is 1. The van der Waals surface area contributed by atoms with Gasteiger partial charge >= 0.3 is 0 Å². The molecule has 2 aromatic carbocycles. The van der Waals surface area contributed by atoms with Crippen LogP contribution in [0.3, 0.4) is 0 Å². The van der Waals surface area contributed by atoms with Crippen LogP contribution >= 0.6 is 0 Å². The Balaban J connectivity index is 1.75. The van der Waals surface area contributed by atoms with E-state index in [-0.39, 0.29) is 17.4 Å². The predicted octanol–water partition coefficient (Wildman–Crippen LogP) is 2.47. The van der Waals surface area contributed by atoms with E-state index in [4.69, 9.17) is 9.47 Å². The summed E-state index contributed by atoms with van der Waals surface area (Å²) in [6.45, 7) is 0.186. The Kier molecular flexibility index (Phi) is 4.26. The maximum atomic E-state index is 12.1. The molecule has 0 saturated heterocycles. The Hall–Kier alpha value is -2.80. The van der Waals surface area contributed by atoms with E-state index in [1.54, 1.807) is 42.5 Å². The van der Waals surface area contributed by atoms with Gasteiger partial charge in [0.25, 0.3) is 0 Å². The number of fused-ring (bicyclic) bond motifs is 1. The molecule has 0 fully saturated rings. The molecule has 0 aliphatic carbocycles. The third kappa shape index (κ3) is 3.57.